The van der Waals surface area contributed by atoms with Crippen LogP contribution in [0.1, 0.15) is 55.8 Å². The third kappa shape index (κ3) is 5.82. The van der Waals surface area contributed by atoms with Crippen LogP contribution in [0.3, 0.4) is 0 Å². The lowest BCUT2D eigenvalue weighted by molar-refractivity contribution is 0.0815. The molecule has 2 aromatic heterocycles. The Morgan fingerprint density at radius 3 is 2.29 bits per heavy atom. The average Bonchev–Trinajstić information content (AvgIpc) is 3.42. The molecule has 2 amide bonds. The van der Waals surface area contributed by atoms with Gasteiger partial charge in [0, 0.05) is 44.3 Å². The van der Waals surface area contributed by atoms with Gasteiger partial charge in [0.05, 0.1) is 17.5 Å². The predicted octanol–water partition coefficient (Wildman–Crippen LogP) is 4.22. The zero-order chi connectivity index (χ0) is 29.1. The lowest BCUT2D eigenvalue weighted by Gasteiger charge is -2.41. The number of nitrogens with one attached hydrogen (secondary N) is 2. The molecule has 2 aliphatic rings. The van der Waals surface area contributed by atoms with Gasteiger partial charge in [0.25, 0.3) is 0 Å². The van der Waals surface area contributed by atoms with Crippen molar-refractivity contribution in [2.24, 2.45) is 0 Å². The zero-order valence-electron chi connectivity index (χ0n) is 24.5. The van der Waals surface area contributed by atoms with Gasteiger partial charge in [0.1, 0.15) is 17.8 Å². The van der Waals surface area contributed by atoms with E-state index in [-0.39, 0.29) is 18.1 Å². The second-order valence-corrected chi connectivity index (χ2v) is 11.5. The van der Waals surface area contributed by atoms with Gasteiger partial charge in [0.2, 0.25) is 0 Å². The van der Waals surface area contributed by atoms with E-state index in [9.17, 15) is 4.79 Å². The Hall–Kier alpha value is -4.02. The van der Waals surface area contributed by atoms with Crippen molar-refractivity contribution >= 4 is 22.9 Å². The minimum absolute atomic E-state index is 0.201. The number of piperazine rings is 1. The molecule has 10 heteroatoms. The van der Waals surface area contributed by atoms with Crippen molar-refractivity contribution in [1.82, 2.24) is 40.2 Å². The topological polar surface area (TPSA) is 117 Å². The van der Waals surface area contributed by atoms with Gasteiger partial charge in [-0.25, -0.2) is 19.4 Å². The smallest absolute Gasteiger partial charge is 0.315 e. The number of nitrogens with two attached hydrogens (primary N) is 1. The van der Waals surface area contributed by atoms with Crippen molar-refractivity contribution in [2.45, 2.75) is 50.7 Å². The standard InChI is InChI=1S/C32H41N9O/c1-3-34-32(42)37-28(22-7-5-4-6-8-22)23-9-11-24(12-10-23)29-27-30(33)35-21-36-31(27)41(38-29)26-15-13-25(14-16-26)40-19-17-39(2)18-20-40/h4-12,21,25-26,28H,3,13-20H2,1-2H3,(H2,33,35,36)(H2,34,37,42). The van der Waals surface area contributed by atoms with E-state index in [1.807, 2.05) is 61.5 Å². The molecule has 3 heterocycles. The van der Waals surface area contributed by atoms with E-state index in [0.717, 1.165) is 72.4 Å². The van der Waals surface area contributed by atoms with Crippen LogP contribution in [-0.4, -0.2) is 81.4 Å². The fourth-order valence-electron chi connectivity index (χ4n) is 6.49. The number of urea groups is 1. The quantitative estimate of drug-likeness (QED) is 0.306. The first-order valence-corrected chi connectivity index (χ1v) is 15.1. The second-order valence-electron chi connectivity index (χ2n) is 11.5. The largest absolute Gasteiger partial charge is 0.383 e. The molecule has 0 spiro atoms. The Kier molecular flexibility index (Phi) is 8.34. The Bertz CT molecular complexity index is 1490. The van der Waals surface area contributed by atoms with Crippen LogP contribution < -0.4 is 16.4 Å². The highest BCUT2D eigenvalue weighted by atomic mass is 16.2. The van der Waals surface area contributed by atoms with Crippen molar-refractivity contribution in [3.8, 4) is 11.3 Å². The number of fused-ring (bicyclic) bond motifs is 1. The highest BCUT2D eigenvalue weighted by Gasteiger charge is 2.30. The molecule has 0 radical (unpaired) electrons. The monoisotopic (exact) mass is 567 g/mol. The SMILES string of the molecule is CCNC(=O)NC(c1ccccc1)c1ccc(-c2nn(C3CCC(N4CCN(C)CC4)CC3)c3ncnc(N)c23)cc1. The van der Waals surface area contributed by atoms with Crippen LogP contribution in [0.4, 0.5) is 10.6 Å². The van der Waals surface area contributed by atoms with Crippen LogP contribution in [0.5, 0.6) is 0 Å². The summed E-state index contributed by atoms with van der Waals surface area (Å²) in [5, 5.41) is 11.9. The number of likely N-dealkylation sites (N-methyl/N-ethyl adjacent to an activating group) is 1. The summed E-state index contributed by atoms with van der Waals surface area (Å²) >= 11 is 0. The summed E-state index contributed by atoms with van der Waals surface area (Å²) in [6, 6.07) is 18.6. The average molecular weight is 568 g/mol. The number of carbonyl (C=O) groups excluding carboxylic acids is 1. The Labute approximate surface area is 247 Å². The number of nitrogens with zero attached hydrogens (tertiary/aromatic N) is 6. The third-order valence-corrected chi connectivity index (χ3v) is 8.85. The van der Waals surface area contributed by atoms with E-state index in [1.54, 1.807) is 0 Å². The highest BCUT2D eigenvalue weighted by molar-refractivity contribution is 5.98. The maximum Gasteiger partial charge on any atom is 0.315 e. The summed E-state index contributed by atoms with van der Waals surface area (Å²) in [6.07, 6.45) is 6.01. The minimum Gasteiger partial charge on any atom is -0.383 e. The molecule has 4 aromatic rings. The molecule has 1 unspecified atom stereocenters. The fraction of sp³-hybridized carbons (Fsp3) is 0.438. The van der Waals surface area contributed by atoms with Crippen LogP contribution in [0.25, 0.3) is 22.3 Å². The molecule has 1 aliphatic heterocycles. The van der Waals surface area contributed by atoms with Crippen molar-refractivity contribution in [1.29, 1.82) is 0 Å². The van der Waals surface area contributed by atoms with Crippen LogP contribution in [-0.2, 0) is 0 Å². The van der Waals surface area contributed by atoms with Crippen LogP contribution in [0.2, 0.25) is 0 Å². The number of amides is 2. The molecule has 2 aromatic carbocycles. The normalized spacial score (nSPS) is 20.8. The molecule has 10 nitrogen and oxygen atoms in total. The number of benzene rings is 2. The van der Waals surface area contributed by atoms with Gasteiger partial charge < -0.3 is 21.3 Å². The summed E-state index contributed by atoms with van der Waals surface area (Å²) in [4.78, 5) is 26.5. The van der Waals surface area contributed by atoms with E-state index >= 15 is 0 Å². The molecule has 1 aliphatic carbocycles. The van der Waals surface area contributed by atoms with Gasteiger partial charge in [-0.1, -0.05) is 54.6 Å². The summed E-state index contributed by atoms with van der Waals surface area (Å²) in [5.41, 5.74) is 11.0. The second kappa shape index (κ2) is 12.5. The van der Waals surface area contributed by atoms with Gasteiger partial charge in [-0.3, -0.25) is 4.90 Å². The first-order valence-electron chi connectivity index (χ1n) is 15.1. The molecule has 42 heavy (non-hydrogen) atoms. The number of hydrogen-bond acceptors (Lipinski definition) is 7. The van der Waals surface area contributed by atoms with E-state index in [2.05, 4.69) is 42.1 Å². The Morgan fingerprint density at radius 2 is 1.60 bits per heavy atom. The molecule has 0 bridgehead atoms. The lowest BCUT2D eigenvalue weighted by Crippen LogP contribution is -2.49. The van der Waals surface area contributed by atoms with Gasteiger partial charge in [-0.05, 0) is 50.8 Å². The van der Waals surface area contributed by atoms with E-state index in [4.69, 9.17) is 10.8 Å². The number of hydrogen-bond donors (Lipinski definition) is 3. The van der Waals surface area contributed by atoms with Crippen molar-refractivity contribution in [3.63, 3.8) is 0 Å². The molecule has 220 valence electrons. The predicted molar refractivity (Wildman–Crippen MR) is 166 cm³/mol. The number of rotatable bonds is 7. The summed E-state index contributed by atoms with van der Waals surface area (Å²) in [6.45, 7) is 7.08. The van der Waals surface area contributed by atoms with Gasteiger partial charge in [-0.2, -0.15) is 5.10 Å². The maximum absolute atomic E-state index is 12.5. The fourth-order valence-corrected chi connectivity index (χ4v) is 6.49. The first-order chi connectivity index (χ1) is 20.5. The van der Waals surface area contributed by atoms with Gasteiger partial charge in [0.15, 0.2) is 5.65 Å². The van der Waals surface area contributed by atoms with E-state index in [0.29, 0.717) is 18.4 Å². The molecule has 1 saturated carbocycles. The van der Waals surface area contributed by atoms with Crippen LogP contribution >= 0.6 is 0 Å². The van der Waals surface area contributed by atoms with E-state index < -0.39 is 0 Å². The molecule has 1 atom stereocenters. The van der Waals surface area contributed by atoms with Crippen LogP contribution in [0, 0.1) is 0 Å². The Morgan fingerprint density at radius 1 is 0.929 bits per heavy atom. The number of aromatic nitrogens is 4. The first kappa shape index (κ1) is 28.1. The van der Waals surface area contributed by atoms with Crippen molar-refractivity contribution in [3.05, 3.63) is 72.1 Å². The van der Waals surface area contributed by atoms with Crippen LogP contribution in [0.15, 0.2) is 60.9 Å². The van der Waals surface area contributed by atoms with Gasteiger partial charge in [-0.15, -0.1) is 0 Å². The number of nitrogen functional groups attached to an aromatic ring is 1. The summed E-state index contributed by atoms with van der Waals surface area (Å²) in [7, 11) is 2.21. The minimum atomic E-state index is -0.287. The maximum atomic E-state index is 12.5. The van der Waals surface area contributed by atoms with Gasteiger partial charge >= 0.3 is 6.03 Å². The highest BCUT2D eigenvalue weighted by Crippen LogP contribution is 2.37. The zero-order valence-corrected chi connectivity index (χ0v) is 24.5. The molecule has 2 fully saturated rings. The number of carbonyl (C=O) groups is 1. The van der Waals surface area contributed by atoms with Crippen molar-refractivity contribution in [2.75, 3.05) is 45.5 Å². The van der Waals surface area contributed by atoms with Crippen molar-refractivity contribution < 1.29 is 4.79 Å². The molecular weight excluding hydrogens is 526 g/mol. The molecule has 4 N–H and O–H groups in total. The Balaban J connectivity index is 1.26. The lowest BCUT2D eigenvalue weighted by atomic mass is 9.90. The summed E-state index contributed by atoms with van der Waals surface area (Å²) < 4.78 is 2.10. The molecular formula is C32H41N9O. The number of anilines is 1. The van der Waals surface area contributed by atoms with E-state index in [1.165, 1.54) is 19.2 Å². The molecule has 1 saturated heterocycles. The molecule has 6 rings (SSSR count). The third-order valence-electron chi connectivity index (χ3n) is 8.85. The summed E-state index contributed by atoms with van der Waals surface area (Å²) in [5.74, 6) is 0.441.